The van der Waals surface area contributed by atoms with E-state index in [-0.39, 0.29) is 17.2 Å². The van der Waals surface area contributed by atoms with Gasteiger partial charge >= 0.3 is 0 Å². The summed E-state index contributed by atoms with van der Waals surface area (Å²) in [5.41, 5.74) is 2.07. The monoisotopic (exact) mass is 447 g/mol. The van der Waals surface area contributed by atoms with Gasteiger partial charge in [-0.2, -0.15) is 0 Å². The minimum absolute atomic E-state index is 0.111. The second kappa shape index (κ2) is 9.18. The molecule has 1 aliphatic carbocycles. The molecule has 5 rings (SSSR count). The van der Waals surface area contributed by atoms with Crippen LogP contribution in [0.1, 0.15) is 35.2 Å². The van der Waals surface area contributed by atoms with E-state index in [9.17, 15) is 9.59 Å². The number of nitrogens with zero attached hydrogens (tertiary/aromatic N) is 3. The van der Waals surface area contributed by atoms with Crippen molar-refractivity contribution in [1.29, 1.82) is 0 Å². The molecule has 2 aromatic rings. The van der Waals surface area contributed by atoms with Crippen LogP contribution in [0.4, 0.5) is 0 Å². The molecule has 33 heavy (non-hydrogen) atoms. The number of carbonyl (C=O) groups is 2. The van der Waals surface area contributed by atoms with Crippen LogP contribution in [0.25, 0.3) is 0 Å². The van der Waals surface area contributed by atoms with Crippen molar-refractivity contribution < 1.29 is 14.3 Å². The first-order chi connectivity index (χ1) is 16.1. The number of amides is 2. The molecule has 2 amide bonds. The van der Waals surface area contributed by atoms with E-state index in [0.29, 0.717) is 5.91 Å². The zero-order chi connectivity index (χ0) is 22.8. The summed E-state index contributed by atoms with van der Waals surface area (Å²) in [5.74, 6) is 1.51. The molecular formula is C27H33N3O3. The third kappa shape index (κ3) is 4.49. The Hall–Kier alpha value is -2.86. The van der Waals surface area contributed by atoms with Crippen LogP contribution in [0.5, 0.6) is 5.75 Å². The first-order valence-electron chi connectivity index (χ1n) is 12.1. The topological polar surface area (TPSA) is 53.1 Å². The van der Waals surface area contributed by atoms with Crippen LogP contribution in [0, 0.1) is 11.3 Å². The molecule has 2 aromatic carbocycles. The lowest BCUT2D eigenvalue weighted by Gasteiger charge is -2.36. The molecule has 174 valence electrons. The van der Waals surface area contributed by atoms with E-state index < -0.39 is 0 Å². The Morgan fingerprint density at radius 2 is 1.55 bits per heavy atom. The molecule has 0 aromatic heterocycles. The van der Waals surface area contributed by atoms with Gasteiger partial charge in [-0.1, -0.05) is 36.4 Å². The van der Waals surface area contributed by atoms with Crippen LogP contribution in [0.3, 0.4) is 0 Å². The average molecular weight is 448 g/mol. The average Bonchev–Trinajstić information content (AvgIpc) is 3.58. The molecule has 3 aliphatic rings. The predicted octanol–water partition coefficient (Wildman–Crippen LogP) is 3.28. The van der Waals surface area contributed by atoms with Crippen LogP contribution >= 0.6 is 0 Å². The Labute approximate surface area is 196 Å². The molecule has 0 N–H and O–H groups in total. The lowest BCUT2D eigenvalue weighted by atomic mass is 9.90. The van der Waals surface area contributed by atoms with E-state index in [1.807, 2.05) is 53.4 Å². The Bertz CT molecular complexity index is 993. The first kappa shape index (κ1) is 22.0. The second-order valence-corrected chi connectivity index (χ2v) is 9.69. The van der Waals surface area contributed by atoms with E-state index in [4.69, 9.17) is 4.74 Å². The minimum Gasteiger partial charge on any atom is -0.496 e. The minimum atomic E-state index is 0.111. The number of likely N-dealkylation sites (tertiary alicyclic amines) is 1. The summed E-state index contributed by atoms with van der Waals surface area (Å²) in [6.45, 7) is 5.73. The largest absolute Gasteiger partial charge is 0.496 e. The summed E-state index contributed by atoms with van der Waals surface area (Å²) in [6, 6.07) is 17.7. The lowest BCUT2D eigenvalue weighted by molar-refractivity contribution is -0.135. The van der Waals surface area contributed by atoms with Crippen molar-refractivity contribution in [3.05, 3.63) is 65.7 Å². The van der Waals surface area contributed by atoms with E-state index in [2.05, 4.69) is 15.9 Å². The number of hydrogen-bond acceptors (Lipinski definition) is 4. The maximum Gasteiger partial charge on any atom is 0.253 e. The number of carbonyl (C=O) groups excluding carboxylic acids is 2. The van der Waals surface area contributed by atoms with Crippen molar-refractivity contribution in [2.75, 3.05) is 46.4 Å². The molecule has 0 bridgehead atoms. The smallest absolute Gasteiger partial charge is 0.253 e. The van der Waals surface area contributed by atoms with Crippen molar-refractivity contribution in [1.82, 2.24) is 14.7 Å². The number of piperidine rings is 1. The fourth-order valence-corrected chi connectivity index (χ4v) is 5.59. The van der Waals surface area contributed by atoms with Gasteiger partial charge in [-0.3, -0.25) is 14.5 Å². The fraction of sp³-hybridized carbons (Fsp3) is 0.481. The highest BCUT2D eigenvalue weighted by molar-refractivity contribution is 5.94. The second-order valence-electron chi connectivity index (χ2n) is 9.69. The summed E-state index contributed by atoms with van der Waals surface area (Å²) >= 11 is 0. The Morgan fingerprint density at radius 3 is 2.24 bits per heavy atom. The van der Waals surface area contributed by atoms with Gasteiger partial charge in [0.2, 0.25) is 5.91 Å². The van der Waals surface area contributed by atoms with Crippen molar-refractivity contribution in [3.63, 3.8) is 0 Å². The highest BCUT2D eigenvalue weighted by Gasteiger charge is 2.59. The molecule has 1 saturated carbocycles. The molecular weight excluding hydrogens is 414 g/mol. The molecule has 2 saturated heterocycles. The predicted molar refractivity (Wildman–Crippen MR) is 127 cm³/mol. The highest BCUT2D eigenvalue weighted by Crippen LogP contribution is 2.60. The van der Waals surface area contributed by atoms with E-state index in [1.54, 1.807) is 7.11 Å². The Balaban J connectivity index is 1.10. The van der Waals surface area contributed by atoms with Gasteiger partial charge in [0, 0.05) is 62.9 Å². The normalized spacial score (nSPS) is 22.3. The number of methoxy groups -OCH3 is 1. The number of benzene rings is 2. The molecule has 3 fully saturated rings. The van der Waals surface area contributed by atoms with Gasteiger partial charge in [-0.05, 0) is 42.9 Å². The standard InChI is InChI=1S/C27H33N3O3/c1-33-24-10-6-5-9-22(24)20-28-15-17-30(18-16-28)26(32)23-19-27(23)11-13-29(14-12-27)25(31)21-7-3-2-4-8-21/h2-10,23H,11-20H2,1H3/t23-/m1/s1. The Morgan fingerprint density at radius 1 is 0.879 bits per heavy atom. The summed E-state index contributed by atoms with van der Waals surface area (Å²) in [4.78, 5) is 32.4. The third-order valence-electron chi connectivity index (χ3n) is 7.83. The molecule has 6 heteroatoms. The zero-order valence-electron chi connectivity index (χ0n) is 19.4. The van der Waals surface area contributed by atoms with Gasteiger partial charge in [0.25, 0.3) is 5.91 Å². The molecule has 1 spiro atoms. The number of piperazine rings is 1. The van der Waals surface area contributed by atoms with Crippen molar-refractivity contribution in [3.8, 4) is 5.75 Å². The van der Waals surface area contributed by atoms with E-state index in [0.717, 1.165) is 76.4 Å². The maximum atomic E-state index is 13.2. The van der Waals surface area contributed by atoms with Crippen LogP contribution in [-0.2, 0) is 11.3 Å². The van der Waals surface area contributed by atoms with Crippen LogP contribution in [-0.4, -0.2) is 72.9 Å². The van der Waals surface area contributed by atoms with Gasteiger partial charge in [0.1, 0.15) is 5.75 Å². The molecule has 2 heterocycles. The number of ether oxygens (including phenoxy) is 1. The van der Waals surface area contributed by atoms with Gasteiger partial charge in [-0.25, -0.2) is 0 Å². The molecule has 2 aliphatic heterocycles. The summed E-state index contributed by atoms with van der Waals surface area (Å²) in [7, 11) is 1.71. The first-order valence-corrected chi connectivity index (χ1v) is 12.1. The number of rotatable bonds is 5. The highest BCUT2D eigenvalue weighted by atomic mass is 16.5. The van der Waals surface area contributed by atoms with Crippen LogP contribution in [0.15, 0.2) is 54.6 Å². The molecule has 1 atom stereocenters. The van der Waals surface area contributed by atoms with E-state index in [1.165, 1.54) is 5.56 Å². The summed E-state index contributed by atoms with van der Waals surface area (Å²) in [6.07, 6.45) is 2.87. The molecule has 0 radical (unpaired) electrons. The number of para-hydroxylation sites is 1. The Kier molecular flexibility index (Phi) is 6.11. The number of hydrogen-bond donors (Lipinski definition) is 0. The van der Waals surface area contributed by atoms with Crippen LogP contribution < -0.4 is 4.74 Å². The van der Waals surface area contributed by atoms with Gasteiger partial charge in [0.15, 0.2) is 0 Å². The SMILES string of the molecule is COc1ccccc1CN1CCN(C(=O)[C@H]2CC23CCN(C(=O)c2ccccc2)CC3)CC1. The van der Waals surface area contributed by atoms with Gasteiger partial charge in [-0.15, -0.1) is 0 Å². The van der Waals surface area contributed by atoms with Crippen molar-refractivity contribution in [2.24, 2.45) is 11.3 Å². The van der Waals surface area contributed by atoms with Crippen molar-refractivity contribution >= 4 is 11.8 Å². The zero-order valence-corrected chi connectivity index (χ0v) is 19.4. The quantitative estimate of drug-likeness (QED) is 0.706. The maximum absolute atomic E-state index is 13.2. The van der Waals surface area contributed by atoms with Gasteiger partial charge in [0.05, 0.1) is 7.11 Å². The lowest BCUT2D eigenvalue weighted by Crippen LogP contribution is -2.49. The van der Waals surface area contributed by atoms with Crippen molar-refractivity contribution in [2.45, 2.75) is 25.8 Å². The molecule has 6 nitrogen and oxygen atoms in total. The van der Waals surface area contributed by atoms with Gasteiger partial charge < -0.3 is 14.5 Å². The summed E-state index contributed by atoms with van der Waals surface area (Å²) in [5, 5.41) is 0. The fourth-order valence-electron chi connectivity index (χ4n) is 5.59. The third-order valence-corrected chi connectivity index (χ3v) is 7.83. The van der Waals surface area contributed by atoms with E-state index >= 15 is 0 Å². The summed E-state index contributed by atoms with van der Waals surface area (Å²) < 4.78 is 5.48. The molecule has 0 unspecified atom stereocenters. The van der Waals surface area contributed by atoms with Crippen LogP contribution in [0.2, 0.25) is 0 Å².